The standard InChI is InChI=1S/C16H17NO3/c1-2-17-14(19)8-10-16(15(17)20)9-7-13(18)11-5-3-4-6-12(11)16/h3-6H,2,7-10H2,1H3. The van der Waals surface area contributed by atoms with Crippen molar-refractivity contribution in [3.63, 3.8) is 0 Å². The maximum absolute atomic E-state index is 12.8. The molecule has 2 amide bonds. The molecule has 20 heavy (non-hydrogen) atoms. The molecular weight excluding hydrogens is 254 g/mol. The number of rotatable bonds is 1. The van der Waals surface area contributed by atoms with Crippen molar-refractivity contribution in [2.75, 3.05) is 6.54 Å². The lowest BCUT2D eigenvalue weighted by atomic mass is 9.65. The van der Waals surface area contributed by atoms with Crippen LogP contribution in [0.15, 0.2) is 24.3 Å². The molecule has 2 aliphatic rings. The first-order valence-corrected chi connectivity index (χ1v) is 7.07. The fourth-order valence-corrected chi connectivity index (χ4v) is 3.48. The number of likely N-dealkylation sites (N-methyl/N-ethyl adjacent to an activating group) is 1. The zero-order chi connectivity index (χ0) is 14.3. The van der Waals surface area contributed by atoms with Gasteiger partial charge in [-0.15, -0.1) is 0 Å². The second kappa shape index (κ2) is 4.54. The van der Waals surface area contributed by atoms with E-state index in [4.69, 9.17) is 0 Å². The van der Waals surface area contributed by atoms with Crippen molar-refractivity contribution >= 4 is 17.6 Å². The van der Waals surface area contributed by atoms with Gasteiger partial charge in [0.05, 0.1) is 5.41 Å². The molecule has 0 aromatic heterocycles. The van der Waals surface area contributed by atoms with E-state index in [9.17, 15) is 14.4 Å². The molecule has 4 nitrogen and oxygen atoms in total. The van der Waals surface area contributed by atoms with Gasteiger partial charge in [0.15, 0.2) is 5.78 Å². The van der Waals surface area contributed by atoms with E-state index in [1.807, 2.05) is 25.1 Å². The van der Waals surface area contributed by atoms with Gasteiger partial charge in [-0.25, -0.2) is 0 Å². The number of ketones is 1. The average molecular weight is 271 g/mol. The molecule has 1 aliphatic carbocycles. The number of benzene rings is 1. The van der Waals surface area contributed by atoms with Gasteiger partial charge in [-0.1, -0.05) is 24.3 Å². The molecule has 1 aliphatic heterocycles. The molecule has 1 unspecified atom stereocenters. The first-order chi connectivity index (χ1) is 9.60. The maximum Gasteiger partial charge on any atom is 0.239 e. The highest BCUT2D eigenvalue weighted by atomic mass is 16.2. The van der Waals surface area contributed by atoms with Crippen LogP contribution in [0.4, 0.5) is 0 Å². The SMILES string of the molecule is CCN1C(=O)CCC2(CCC(=O)c3ccccc32)C1=O. The van der Waals surface area contributed by atoms with Gasteiger partial charge in [0.2, 0.25) is 11.8 Å². The van der Waals surface area contributed by atoms with Gasteiger partial charge in [-0.3, -0.25) is 19.3 Å². The molecule has 104 valence electrons. The minimum absolute atomic E-state index is 0.0963. The Hall–Kier alpha value is -1.97. The van der Waals surface area contributed by atoms with E-state index < -0.39 is 5.41 Å². The summed E-state index contributed by atoms with van der Waals surface area (Å²) in [5.41, 5.74) is 0.790. The summed E-state index contributed by atoms with van der Waals surface area (Å²) in [6, 6.07) is 7.34. The van der Waals surface area contributed by atoms with E-state index in [2.05, 4.69) is 0 Å². The number of amides is 2. The first kappa shape index (κ1) is 13.0. The van der Waals surface area contributed by atoms with Crippen LogP contribution in [-0.4, -0.2) is 29.0 Å². The fourth-order valence-electron chi connectivity index (χ4n) is 3.48. The molecule has 1 heterocycles. The predicted molar refractivity (Wildman–Crippen MR) is 73.3 cm³/mol. The van der Waals surface area contributed by atoms with Gasteiger partial charge >= 0.3 is 0 Å². The van der Waals surface area contributed by atoms with Crippen molar-refractivity contribution in [2.24, 2.45) is 0 Å². The number of carbonyl (C=O) groups excluding carboxylic acids is 3. The van der Waals surface area contributed by atoms with Gasteiger partial charge in [0.25, 0.3) is 0 Å². The number of piperidine rings is 1. The summed E-state index contributed by atoms with van der Waals surface area (Å²) in [5.74, 6) is -0.132. The minimum Gasteiger partial charge on any atom is -0.294 e. The highest BCUT2D eigenvalue weighted by molar-refractivity contribution is 6.08. The van der Waals surface area contributed by atoms with E-state index in [1.54, 1.807) is 6.07 Å². The van der Waals surface area contributed by atoms with Crippen molar-refractivity contribution < 1.29 is 14.4 Å². The Morgan fingerprint density at radius 3 is 2.55 bits per heavy atom. The molecule has 1 saturated heterocycles. The molecule has 0 saturated carbocycles. The van der Waals surface area contributed by atoms with Crippen molar-refractivity contribution in [1.82, 2.24) is 4.90 Å². The number of carbonyl (C=O) groups is 3. The van der Waals surface area contributed by atoms with Gasteiger partial charge in [0, 0.05) is 24.9 Å². The molecule has 1 aromatic carbocycles. The third-order valence-corrected chi connectivity index (χ3v) is 4.56. The Morgan fingerprint density at radius 2 is 1.80 bits per heavy atom. The zero-order valence-corrected chi connectivity index (χ0v) is 11.5. The van der Waals surface area contributed by atoms with E-state index >= 15 is 0 Å². The fraction of sp³-hybridized carbons (Fsp3) is 0.438. The van der Waals surface area contributed by atoms with Crippen LogP contribution in [0, 0.1) is 0 Å². The van der Waals surface area contributed by atoms with E-state index in [0.717, 1.165) is 5.56 Å². The van der Waals surface area contributed by atoms with Gasteiger partial charge in [-0.05, 0) is 25.3 Å². The molecular formula is C16H17NO3. The van der Waals surface area contributed by atoms with Gasteiger partial charge in [0.1, 0.15) is 0 Å². The Morgan fingerprint density at radius 1 is 1.10 bits per heavy atom. The Kier molecular flexibility index (Phi) is 2.96. The summed E-state index contributed by atoms with van der Waals surface area (Å²) >= 11 is 0. The van der Waals surface area contributed by atoms with Crippen LogP contribution in [0.25, 0.3) is 0 Å². The minimum atomic E-state index is -0.672. The van der Waals surface area contributed by atoms with Crippen LogP contribution in [0.1, 0.15) is 48.5 Å². The Bertz CT molecular complexity index is 607. The first-order valence-electron chi connectivity index (χ1n) is 7.07. The predicted octanol–water partition coefficient (Wildman–Crippen LogP) is 2.07. The second-order valence-electron chi connectivity index (χ2n) is 5.49. The van der Waals surface area contributed by atoms with Crippen LogP contribution < -0.4 is 0 Å². The third kappa shape index (κ3) is 1.64. The molecule has 1 atom stereocenters. The lowest BCUT2D eigenvalue weighted by Gasteiger charge is -2.43. The Labute approximate surface area is 117 Å². The summed E-state index contributed by atoms with van der Waals surface area (Å²) in [5, 5.41) is 0. The van der Waals surface area contributed by atoms with Gasteiger partial charge < -0.3 is 0 Å². The van der Waals surface area contributed by atoms with Crippen molar-refractivity contribution in [2.45, 2.75) is 38.0 Å². The molecule has 1 aromatic rings. The summed E-state index contributed by atoms with van der Waals surface area (Å²) in [6.45, 7) is 2.21. The average Bonchev–Trinajstić information content (AvgIpc) is 2.47. The van der Waals surface area contributed by atoms with Crippen LogP contribution >= 0.6 is 0 Å². The smallest absolute Gasteiger partial charge is 0.239 e. The number of hydrogen-bond donors (Lipinski definition) is 0. The normalized spacial score (nSPS) is 26.1. The highest BCUT2D eigenvalue weighted by Crippen LogP contribution is 2.44. The summed E-state index contributed by atoms with van der Waals surface area (Å²) < 4.78 is 0. The number of nitrogens with zero attached hydrogens (tertiary/aromatic N) is 1. The summed E-state index contributed by atoms with van der Waals surface area (Å²) in [4.78, 5) is 38.1. The number of fused-ring (bicyclic) bond motifs is 2. The summed E-state index contributed by atoms with van der Waals surface area (Å²) in [6.07, 6.45) is 1.80. The van der Waals surface area contributed by atoms with Crippen LogP contribution in [-0.2, 0) is 15.0 Å². The molecule has 4 heteroatoms. The van der Waals surface area contributed by atoms with Crippen LogP contribution in [0.5, 0.6) is 0 Å². The second-order valence-corrected chi connectivity index (χ2v) is 5.49. The molecule has 1 spiro atoms. The highest BCUT2D eigenvalue weighted by Gasteiger charge is 2.50. The topological polar surface area (TPSA) is 54.5 Å². The van der Waals surface area contributed by atoms with Crippen molar-refractivity contribution in [3.8, 4) is 0 Å². The number of Topliss-reactive ketones (excluding diaryl/α,β-unsaturated/α-hetero) is 1. The van der Waals surface area contributed by atoms with E-state index in [1.165, 1.54) is 4.90 Å². The monoisotopic (exact) mass is 271 g/mol. The van der Waals surface area contributed by atoms with E-state index in [-0.39, 0.29) is 17.6 Å². The lowest BCUT2D eigenvalue weighted by Crippen LogP contribution is -2.55. The van der Waals surface area contributed by atoms with Gasteiger partial charge in [-0.2, -0.15) is 0 Å². The number of likely N-dealkylation sites (tertiary alicyclic amines) is 1. The third-order valence-electron chi connectivity index (χ3n) is 4.56. The number of imide groups is 1. The maximum atomic E-state index is 12.8. The molecule has 0 N–H and O–H groups in total. The molecule has 3 rings (SSSR count). The molecule has 1 fully saturated rings. The van der Waals surface area contributed by atoms with Crippen LogP contribution in [0.3, 0.4) is 0 Å². The zero-order valence-electron chi connectivity index (χ0n) is 11.5. The molecule has 0 radical (unpaired) electrons. The summed E-state index contributed by atoms with van der Waals surface area (Å²) in [7, 11) is 0. The van der Waals surface area contributed by atoms with E-state index in [0.29, 0.717) is 37.8 Å². The van der Waals surface area contributed by atoms with Crippen molar-refractivity contribution in [1.29, 1.82) is 0 Å². The Balaban J connectivity index is 2.14. The van der Waals surface area contributed by atoms with Crippen LogP contribution in [0.2, 0.25) is 0 Å². The number of hydrogen-bond acceptors (Lipinski definition) is 3. The van der Waals surface area contributed by atoms with Crippen molar-refractivity contribution in [3.05, 3.63) is 35.4 Å². The quantitative estimate of drug-likeness (QED) is 0.735. The largest absolute Gasteiger partial charge is 0.294 e. The molecule has 0 bridgehead atoms. The lowest BCUT2D eigenvalue weighted by molar-refractivity contribution is -0.153.